The fourth-order valence-electron chi connectivity index (χ4n) is 3.15. The maximum absolute atomic E-state index is 12.9. The van der Waals surface area contributed by atoms with Gasteiger partial charge in [-0.05, 0) is 18.2 Å². The highest BCUT2D eigenvalue weighted by atomic mass is 19.4. The van der Waals surface area contributed by atoms with Gasteiger partial charge in [-0.1, -0.05) is 6.07 Å². The second-order valence-corrected chi connectivity index (χ2v) is 6.47. The Balaban J connectivity index is 1.66. The molecule has 0 unspecified atom stereocenters. The zero-order valence-corrected chi connectivity index (χ0v) is 14.4. The number of anilines is 1. The molecule has 3 rings (SSSR count). The standard InChI is InChI=1S/C18H19F3N2O4/c19-18(20,21)12-2-1-3-13(8-12)23-6-4-22(5-7-23)10-16-17(26)15(25)9-14(11-24)27-16/h1-3,8-9,24,26H,4-7,10-11H2/p+1. The quantitative estimate of drug-likeness (QED) is 0.725. The Morgan fingerprint density at radius 1 is 1.19 bits per heavy atom. The van der Waals surface area contributed by atoms with Crippen molar-refractivity contribution in [2.45, 2.75) is 19.3 Å². The van der Waals surface area contributed by atoms with Crippen LogP contribution in [0.15, 0.2) is 39.5 Å². The van der Waals surface area contributed by atoms with E-state index in [9.17, 15) is 23.1 Å². The lowest BCUT2D eigenvalue weighted by atomic mass is 10.1. The van der Waals surface area contributed by atoms with E-state index in [4.69, 9.17) is 9.52 Å². The van der Waals surface area contributed by atoms with E-state index in [0.717, 1.165) is 23.1 Å². The van der Waals surface area contributed by atoms with Crippen molar-refractivity contribution in [3.8, 4) is 5.75 Å². The van der Waals surface area contributed by atoms with Crippen LogP contribution in [0.3, 0.4) is 0 Å². The van der Waals surface area contributed by atoms with Gasteiger partial charge in [-0.15, -0.1) is 0 Å². The van der Waals surface area contributed by atoms with E-state index < -0.39 is 29.5 Å². The minimum Gasteiger partial charge on any atom is -0.502 e. The molecule has 27 heavy (non-hydrogen) atoms. The van der Waals surface area contributed by atoms with Crippen LogP contribution in [-0.2, 0) is 19.3 Å². The smallest absolute Gasteiger partial charge is 0.416 e. The van der Waals surface area contributed by atoms with Crippen molar-refractivity contribution in [1.82, 2.24) is 0 Å². The molecule has 9 heteroatoms. The Morgan fingerprint density at radius 3 is 2.52 bits per heavy atom. The average Bonchev–Trinajstić information content (AvgIpc) is 2.65. The van der Waals surface area contributed by atoms with Crippen LogP contribution < -0.4 is 15.2 Å². The van der Waals surface area contributed by atoms with Gasteiger partial charge in [0.2, 0.25) is 16.9 Å². The second kappa shape index (κ2) is 7.61. The molecule has 1 aromatic carbocycles. The predicted molar refractivity (Wildman–Crippen MR) is 90.6 cm³/mol. The van der Waals surface area contributed by atoms with Crippen LogP contribution in [0.25, 0.3) is 0 Å². The van der Waals surface area contributed by atoms with Crippen molar-refractivity contribution in [3.63, 3.8) is 0 Å². The third-order valence-corrected chi connectivity index (χ3v) is 4.62. The van der Waals surface area contributed by atoms with E-state index in [2.05, 4.69) is 0 Å². The summed E-state index contributed by atoms with van der Waals surface area (Å²) >= 11 is 0. The minimum absolute atomic E-state index is 0.0785. The van der Waals surface area contributed by atoms with Crippen LogP contribution in [0.4, 0.5) is 18.9 Å². The van der Waals surface area contributed by atoms with Gasteiger partial charge in [-0.25, -0.2) is 0 Å². The molecule has 0 atom stereocenters. The number of alkyl halides is 3. The molecule has 146 valence electrons. The highest BCUT2D eigenvalue weighted by Gasteiger charge is 2.31. The van der Waals surface area contributed by atoms with E-state index in [0.29, 0.717) is 31.9 Å². The lowest BCUT2D eigenvalue weighted by Crippen LogP contribution is -3.13. The first-order valence-corrected chi connectivity index (χ1v) is 8.49. The number of halogens is 3. The molecular weight excluding hydrogens is 365 g/mol. The molecule has 3 N–H and O–H groups in total. The van der Waals surface area contributed by atoms with E-state index in [-0.39, 0.29) is 18.1 Å². The Kier molecular flexibility index (Phi) is 5.43. The molecule has 1 saturated heterocycles. The van der Waals surface area contributed by atoms with Gasteiger partial charge in [0.1, 0.15) is 18.9 Å². The highest BCUT2D eigenvalue weighted by Crippen LogP contribution is 2.31. The third kappa shape index (κ3) is 4.42. The Bertz CT molecular complexity index is 858. The van der Waals surface area contributed by atoms with Crippen molar-refractivity contribution < 1.29 is 32.7 Å². The van der Waals surface area contributed by atoms with Gasteiger partial charge < -0.3 is 24.4 Å². The molecule has 0 saturated carbocycles. The van der Waals surface area contributed by atoms with Gasteiger partial charge >= 0.3 is 6.18 Å². The maximum Gasteiger partial charge on any atom is 0.416 e. The Hall–Kier alpha value is -2.52. The normalized spacial score (nSPS) is 15.9. The molecule has 0 bridgehead atoms. The Morgan fingerprint density at radius 2 is 1.89 bits per heavy atom. The molecule has 0 spiro atoms. The summed E-state index contributed by atoms with van der Waals surface area (Å²) in [5.41, 5.74) is -0.773. The van der Waals surface area contributed by atoms with Crippen LogP contribution in [-0.4, -0.2) is 36.4 Å². The SMILES string of the molecule is O=c1cc(CO)oc(C[NH+]2CCN(c3cccc(C(F)(F)F)c3)CC2)c1O. The average molecular weight is 385 g/mol. The van der Waals surface area contributed by atoms with Crippen molar-refractivity contribution in [2.75, 3.05) is 31.1 Å². The summed E-state index contributed by atoms with van der Waals surface area (Å²) in [6, 6.07) is 6.27. The van der Waals surface area contributed by atoms with Gasteiger partial charge in [0, 0.05) is 11.8 Å². The van der Waals surface area contributed by atoms with Crippen LogP contribution in [0.2, 0.25) is 0 Å². The summed E-state index contributed by atoms with van der Waals surface area (Å²) in [4.78, 5) is 14.6. The molecule has 0 amide bonds. The van der Waals surface area contributed by atoms with E-state index in [1.54, 1.807) is 6.07 Å². The number of aliphatic hydroxyl groups is 1. The summed E-state index contributed by atoms with van der Waals surface area (Å²) in [5, 5.41) is 19.0. The van der Waals surface area contributed by atoms with Crippen LogP contribution >= 0.6 is 0 Å². The molecular formula is C18H20F3N2O4+. The first-order chi connectivity index (χ1) is 12.8. The summed E-state index contributed by atoms with van der Waals surface area (Å²) in [6.07, 6.45) is -4.38. The first kappa shape index (κ1) is 19.2. The van der Waals surface area contributed by atoms with E-state index in [1.807, 2.05) is 4.90 Å². The fourth-order valence-corrected chi connectivity index (χ4v) is 3.15. The van der Waals surface area contributed by atoms with Gasteiger partial charge in [0.15, 0.2) is 0 Å². The van der Waals surface area contributed by atoms with Crippen molar-refractivity contribution in [1.29, 1.82) is 0 Å². The van der Waals surface area contributed by atoms with Crippen LogP contribution in [0.5, 0.6) is 5.75 Å². The number of aromatic hydroxyl groups is 1. The third-order valence-electron chi connectivity index (χ3n) is 4.62. The lowest BCUT2D eigenvalue weighted by Gasteiger charge is -2.33. The number of nitrogens with one attached hydrogen (secondary N) is 1. The van der Waals surface area contributed by atoms with Gasteiger partial charge in [-0.3, -0.25) is 4.79 Å². The first-order valence-electron chi connectivity index (χ1n) is 8.49. The summed E-state index contributed by atoms with van der Waals surface area (Å²) < 4.78 is 44.0. The summed E-state index contributed by atoms with van der Waals surface area (Å²) in [5.74, 6) is -0.288. The molecule has 1 aliphatic rings. The second-order valence-electron chi connectivity index (χ2n) is 6.47. The lowest BCUT2D eigenvalue weighted by molar-refractivity contribution is -0.915. The Labute approximate surface area is 153 Å². The van der Waals surface area contributed by atoms with Crippen molar-refractivity contribution in [2.24, 2.45) is 0 Å². The number of benzene rings is 1. The largest absolute Gasteiger partial charge is 0.502 e. The molecule has 1 fully saturated rings. The number of hydrogen-bond acceptors (Lipinski definition) is 5. The number of piperazine rings is 1. The molecule has 0 radical (unpaired) electrons. The molecule has 6 nitrogen and oxygen atoms in total. The predicted octanol–water partition coefficient (Wildman–Crippen LogP) is 0.762. The van der Waals surface area contributed by atoms with Crippen LogP contribution in [0.1, 0.15) is 17.1 Å². The van der Waals surface area contributed by atoms with E-state index >= 15 is 0 Å². The van der Waals surface area contributed by atoms with Gasteiger partial charge in [0.05, 0.1) is 31.7 Å². The topological polar surface area (TPSA) is 78.3 Å². The molecule has 1 aromatic heterocycles. The van der Waals surface area contributed by atoms with Crippen molar-refractivity contribution in [3.05, 3.63) is 57.6 Å². The number of quaternary nitrogens is 1. The molecule has 1 aliphatic heterocycles. The van der Waals surface area contributed by atoms with Crippen LogP contribution in [0, 0.1) is 0 Å². The zero-order valence-electron chi connectivity index (χ0n) is 14.4. The summed E-state index contributed by atoms with van der Waals surface area (Å²) in [7, 11) is 0. The molecule has 2 heterocycles. The number of nitrogens with zero attached hydrogens (tertiary/aromatic N) is 1. The van der Waals surface area contributed by atoms with Gasteiger partial charge in [0.25, 0.3) is 0 Å². The molecule has 2 aromatic rings. The number of rotatable bonds is 4. The molecule has 0 aliphatic carbocycles. The maximum atomic E-state index is 12.9. The van der Waals surface area contributed by atoms with Crippen molar-refractivity contribution >= 4 is 5.69 Å². The minimum atomic E-state index is -4.38. The number of aliphatic hydroxyl groups excluding tert-OH is 1. The highest BCUT2D eigenvalue weighted by molar-refractivity contribution is 5.49. The van der Waals surface area contributed by atoms with E-state index in [1.165, 1.54) is 6.07 Å². The number of hydrogen-bond donors (Lipinski definition) is 3. The fraction of sp³-hybridized carbons (Fsp3) is 0.389. The summed E-state index contributed by atoms with van der Waals surface area (Å²) in [6.45, 7) is 2.07. The van der Waals surface area contributed by atoms with Gasteiger partial charge in [-0.2, -0.15) is 13.2 Å². The zero-order chi connectivity index (χ0) is 19.6. The monoisotopic (exact) mass is 385 g/mol.